The lowest BCUT2D eigenvalue weighted by Gasteiger charge is -2.21. The number of nitrogens with one attached hydrogen (secondary N) is 1. The first kappa shape index (κ1) is 20.1. The molecule has 1 atom stereocenters. The Hall–Kier alpha value is -2.20. The number of amides is 1. The van der Waals surface area contributed by atoms with Crippen LogP contribution in [0.1, 0.15) is 49.4 Å². The maximum atomic E-state index is 12.2. The molecule has 2 aromatic carbocycles. The van der Waals surface area contributed by atoms with Gasteiger partial charge in [-0.2, -0.15) is 0 Å². The topological polar surface area (TPSA) is 47.6 Å². The predicted molar refractivity (Wildman–Crippen MR) is 105 cm³/mol. The normalized spacial score (nSPS) is 12.0. The molecule has 5 heteroatoms. The number of carbonyl (C=O) groups is 1. The molecule has 26 heavy (non-hydrogen) atoms. The standard InChI is InChI=1S/C21H26ClNO3/c1-13(2)18-11-19(14(3)9-20(18)25-5)15(4)23-21(24)12-26-17-8-6-7-16(22)10-17/h6-11,13,15H,12H2,1-5H3,(H,23,24)/t15-/m1/s1. The van der Waals surface area contributed by atoms with E-state index in [0.29, 0.717) is 16.7 Å². The summed E-state index contributed by atoms with van der Waals surface area (Å²) >= 11 is 5.92. The molecule has 1 amide bonds. The average molecular weight is 376 g/mol. The third kappa shape index (κ3) is 5.15. The van der Waals surface area contributed by atoms with Crippen LogP contribution < -0.4 is 14.8 Å². The van der Waals surface area contributed by atoms with Crippen LogP contribution >= 0.6 is 11.6 Å². The van der Waals surface area contributed by atoms with Gasteiger partial charge in [-0.15, -0.1) is 0 Å². The van der Waals surface area contributed by atoms with Gasteiger partial charge in [-0.25, -0.2) is 0 Å². The highest BCUT2D eigenvalue weighted by Crippen LogP contribution is 2.32. The van der Waals surface area contributed by atoms with E-state index < -0.39 is 0 Å². The van der Waals surface area contributed by atoms with Gasteiger partial charge >= 0.3 is 0 Å². The molecule has 0 aliphatic heterocycles. The number of ether oxygens (including phenoxy) is 2. The van der Waals surface area contributed by atoms with Gasteiger partial charge in [0.15, 0.2) is 6.61 Å². The van der Waals surface area contributed by atoms with Crippen molar-refractivity contribution >= 4 is 17.5 Å². The van der Waals surface area contributed by atoms with Crippen LogP contribution in [0.4, 0.5) is 0 Å². The zero-order valence-corrected chi connectivity index (χ0v) is 16.7. The summed E-state index contributed by atoms with van der Waals surface area (Å²) in [6.07, 6.45) is 0. The second-order valence-electron chi connectivity index (χ2n) is 6.64. The van der Waals surface area contributed by atoms with Crippen LogP contribution in [-0.2, 0) is 4.79 Å². The SMILES string of the molecule is COc1cc(C)c([C@@H](C)NC(=O)COc2cccc(Cl)c2)cc1C(C)C. The molecule has 2 rings (SSSR count). The molecule has 0 unspecified atom stereocenters. The Labute approximate surface area is 160 Å². The van der Waals surface area contributed by atoms with Crippen LogP contribution in [0.5, 0.6) is 11.5 Å². The van der Waals surface area contributed by atoms with Gasteiger partial charge in [0.05, 0.1) is 13.2 Å². The van der Waals surface area contributed by atoms with E-state index in [2.05, 4.69) is 25.2 Å². The number of hydrogen-bond acceptors (Lipinski definition) is 3. The van der Waals surface area contributed by atoms with Crippen molar-refractivity contribution < 1.29 is 14.3 Å². The number of carbonyl (C=O) groups excluding carboxylic acids is 1. The number of aryl methyl sites for hydroxylation is 1. The van der Waals surface area contributed by atoms with Crippen LogP contribution in [0.15, 0.2) is 36.4 Å². The molecule has 1 N–H and O–H groups in total. The minimum atomic E-state index is -0.182. The fourth-order valence-electron chi connectivity index (χ4n) is 2.88. The Bertz CT molecular complexity index is 774. The summed E-state index contributed by atoms with van der Waals surface area (Å²) in [4.78, 5) is 12.2. The van der Waals surface area contributed by atoms with Crippen LogP contribution in [0.3, 0.4) is 0 Å². The Kier molecular flexibility index (Phi) is 6.92. The second kappa shape index (κ2) is 8.95. The van der Waals surface area contributed by atoms with Gasteiger partial charge in [-0.05, 0) is 66.8 Å². The van der Waals surface area contributed by atoms with Gasteiger partial charge in [-0.1, -0.05) is 31.5 Å². The van der Waals surface area contributed by atoms with Gasteiger partial charge < -0.3 is 14.8 Å². The summed E-state index contributed by atoms with van der Waals surface area (Å²) in [5.74, 6) is 1.60. The zero-order valence-electron chi connectivity index (χ0n) is 15.9. The molecule has 0 aromatic heterocycles. The van der Waals surface area contributed by atoms with Crippen molar-refractivity contribution in [1.29, 1.82) is 0 Å². The molecule has 0 spiro atoms. The lowest BCUT2D eigenvalue weighted by Crippen LogP contribution is -2.31. The van der Waals surface area contributed by atoms with E-state index in [0.717, 1.165) is 22.4 Å². The number of halogens is 1. The van der Waals surface area contributed by atoms with E-state index in [4.69, 9.17) is 21.1 Å². The number of benzene rings is 2. The fourth-order valence-corrected chi connectivity index (χ4v) is 3.06. The van der Waals surface area contributed by atoms with Crippen LogP contribution in [-0.4, -0.2) is 19.6 Å². The molecule has 0 radical (unpaired) electrons. The van der Waals surface area contributed by atoms with E-state index in [1.165, 1.54) is 0 Å². The van der Waals surface area contributed by atoms with Gasteiger partial charge in [0.2, 0.25) is 0 Å². The van der Waals surface area contributed by atoms with E-state index in [1.54, 1.807) is 31.4 Å². The van der Waals surface area contributed by atoms with E-state index >= 15 is 0 Å². The highest BCUT2D eigenvalue weighted by Gasteiger charge is 2.17. The Balaban J connectivity index is 2.05. The molecule has 4 nitrogen and oxygen atoms in total. The summed E-state index contributed by atoms with van der Waals surface area (Å²) < 4.78 is 11.0. The van der Waals surface area contributed by atoms with Gasteiger partial charge in [-0.3, -0.25) is 4.79 Å². The largest absolute Gasteiger partial charge is 0.496 e. The van der Waals surface area contributed by atoms with Crippen LogP contribution in [0.2, 0.25) is 5.02 Å². The van der Waals surface area contributed by atoms with E-state index in [9.17, 15) is 4.79 Å². The maximum Gasteiger partial charge on any atom is 0.258 e. The molecule has 2 aromatic rings. The predicted octanol–water partition coefficient (Wildman–Crippen LogP) is 5.04. The summed E-state index contributed by atoms with van der Waals surface area (Å²) in [6, 6.07) is 11.0. The lowest BCUT2D eigenvalue weighted by atomic mass is 9.93. The first-order valence-corrected chi connectivity index (χ1v) is 9.05. The van der Waals surface area contributed by atoms with Crippen molar-refractivity contribution in [1.82, 2.24) is 5.32 Å². The molecule has 0 aliphatic carbocycles. The molecule has 140 valence electrons. The van der Waals surface area contributed by atoms with Gasteiger partial charge in [0.25, 0.3) is 5.91 Å². The lowest BCUT2D eigenvalue weighted by molar-refractivity contribution is -0.123. The smallest absolute Gasteiger partial charge is 0.258 e. The summed E-state index contributed by atoms with van der Waals surface area (Å²) in [6.45, 7) is 8.18. The van der Waals surface area contributed by atoms with Gasteiger partial charge in [0, 0.05) is 5.02 Å². The minimum Gasteiger partial charge on any atom is -0.496 e. The van der Waals surface area contributed by atoms with Crippen LogP contribution in [0.25, 0.3) is 0 Å². The quantitative estimate of drug-likeness (QED) is 0.737. The molecular formula is C21H26ClNO3. The third-order valence-corrected chi connectivity index (χ3v) is 4.49. The Morgan fingerprint density at radius 1 is 1.15 bits per heavy atom. The fraction of sp³-hybridized carbons (Fsp3) is 0.381. The molecule has 0 saturated carbocycles. The summed E-state index contributed by atoms with van der Waals surface area (Å²) in [7, 11) is 1.68. The van der Waals surface area contributed by atoms with Crippen molar-refractivity contribution in [2.24, 2.45) is 0 Å². The average Bonchev–Trinajstić information content (AvgIpc) is 2.59. The first-order chi connectivity index (χ1) is 12.3. The van der Waals surface area contributed by atoms with E-state index in [-0.39, 0.29) is 18.6 Å². The maximum absolute atomic E-state index is 12.2. The van der Waals surface area contributed by atoms with Crippen molar-refractivity contribution in [3.63, 3.8) is 0 Å². The minimum absolute atomic E-state index is 0.0586. The first-order valence-electron chi connectivity index (χ1n) is 8.68. The van der Waals surface area contributed by atoms with Crippen molar-refractivity contribution in [2.75, 3.05) is 13.7 Å². The number of hydrogen-bond donors (Lipinski definition) is 1. The van der Waals surface area contributed by atoms with Crippen molar-refractivity contribution in [3.8, 4) is 11.5 Å². The molecule has 0 aliphatic rings. The molecular weight excluding hydrogens is 350 g/mol. The number of methoxy groups -OCH3 is 1. The summed E-state index contributed by atoms with van der Waals surface area (Å²) in [5, 5.41) is 3.56. The van der Waals surface area contributed by atoms with Crippen molar-refractivity contribution in [2.45, 2.75) is 39.7 Å². The highest BCUT2D eigenvalue weighted by molar-refractivity contribution is 6.30. The molecule has 0 saturated heterocycles. The molecule has 0 heterocycles. The van der Waals surface area contributed by atoms with Gasteiger partial charge in [0.1, 0.15) is 11.5 Å². The molecule has 0 bridgehead atoms. The summed E-state index contributed by atoms with van der Waals surface area (Å²) in [5.41, 5.74) is 3.28. The monoisotopic (exact) mass is 375 g/mol. The third-order valence-electron chi connectivity index (χ3n) is 4.25. The van der Waals surface area contributed by atoms with Crippen LogP contribution in [0, 0.1) is 6.92 Å². The van der Waals surface area contributed by atoms with E-state index in [1.807, 2.05) is 19.9 Å². The second-order valence-corrected chi connectivity index (χ2v) is 7.08. The zero-order chi connectivity index (χ0) is 19.3. The highest BCUT2D eigenvalue weighted by atomic mass is 35.5. The number of rotatable bonds is 7. The Morgan fingerprint density at radius 3 is 2.50 bits per heavy atom. The molecule has 0 fully saturated rings. The Morgan fingerprint density at radius 2 is 1.88 bits per heavy atom. The van der Waals surface area contributed by atoms with Crippen molar-refractivity contribution in [3.05, 3.63) is 58.1 Å².